The molecule has 2 N–H and O–H groups in total. The SMILES string of the molecule is CC1CC(CN)(N(C)C)CCN1C. The molecule has 0 spiro atoms. The molecule has 0 saturated carbocycles. The second-order valence-electron chi connectivity index (χ2n) is 4.61. The van der Waals surface area contributed by atoms with E-state index >= 15 is 0 Å². The third-order valence-corrected chi connectivity index (χ3v) is 3.69. The van der Waals surface area contributed by atoms with Gasteiger partial charge in [-0.25, -0.2) is 0 Å². The van der Waals surface area contributed by atoms with Crippen molar-refractivity contribution in [3.63, 3.8) is 0 Å². The van der Waals surface area contributed by atoms with Crippen LogP contribution in [0.2, 0.25) is 0 Å². The van der Waals surface area contributed by atoms with Gasteiger partial charge >= 0.3 is 0 Å². The molecule has 3 heteroatoms. The summed E-state index contributed by atoms with van der Waals surface area (Å²) in [6.07, 6.45) is 2.38. The minimum atomic E-state index is 0.242. The van der Waals surface area contributed by atoms with Crippen LogP contribution in [0.5, 0.6) is 0 Å². The van der Waals surface area contributed by atoms with Gasteiger partial charge in [0, 0.05) is 18.1 Å². The predicted molar refractivity (Wildman–Crippen MR) is 56.8 cm³/mol. The van der Waals surface area contributed by atoms with Crippen LogP contribution in [0.4, 0.5) is 0 Å². The maximum absolute atomic E-state index is 5.89. The van der Waals surface area contributed by atoms with Gasteiger partial charge in [0.2, 0.25) is 0 Å². The van der Waals surface area contributed by atoms with E-state index in [-0.39, 0.29) is 5.54 Å². The summed E-state index contributed by atoms with van der Waals surface area (Å²) < 4.78 is 0. The lowest BCUT2D eigenvalue weighted by Gasteiger charge is -2.47. The number of piperidine rings is 1. The van der Waals surface area contributed by atoms with Crippen molar-refractivity contribution < 1.29 is 0 Å². The van der Waals surface area contributed by atoms with E-state index in [1.54, 1.807) is 0 Å². The van der Waals surface area contributed by atoms with Gasteiger partial charge in [0.05, 0.1) is 0 Å². The molecule has 1 rings (SSSR count). The Morgan fingerprint density at radius 3 is 2.54 bits per heavy atom. The highest BCUT2D eigenvalue weighted by atomic mass is 15.2. The molecular formula is C10H23N3. The van der Waals surface area contributed by atoms with Crippen molar-refractivity contribution in [2.24, 2.45) is 5.73 Å². The molecular weight excluding hydrogens is 162 g/mol. The number of nitrogens with two attached hydrogens (primary N) is 1. The number of likely N-dealkylation sites (N-methyl/N-ethyl adjacent to an activating group) is 1. The molecule has 13 heavy (non-hydrogen) atoms. The lowest BCUT2D eigenvalue weighted by atomic mass is 9.83. The van der Waals surface area contributed by atoms with Gasteiger partial charge in [-0.1, -0.05) is 0 Å². The van der Waals surface area contributed by atoms with Gasteiger partial charge < -0.3 is 15.5 Å². The summed E-state index contributed by atoms with van der Waals surface area (Å²) in [5.41, 5.74) is 6.13. The van der Waals surface area contributed by atoms with Crippen molar-refractivity contribution in [2.45, 2.75) is 31.3 Å². The second-order valence-corrected chi connectivity index (χ2v) is 4.61. The Balaban J connectivity index is 2.69. The van der Waals surface area contributed by atoms with E-state index in [9.17, 15) is 0 Å². The lowest BCUT2D eigenvalue weighted by molar-refractivity contribution is 0.0425. The van der Waals surface area contributed by atoms with Crippen molar-refractivity contribution in [1.82, 2.24) is 9.80 Å². The fraction of sp³-hybridized carbons (Fsp3) is 1.00. The molecule has 1 aliphatic rings. The van der Waals surface area contributed by atoms with Crippen molar-refractivity contribution in [1.29, 1.82) is 0 Å². The van der Waals surface area contributed by atoms with Gasteiger partial charge in [0.15, 0.2) is 0 Å². The van der Waals surface area contributed by atoms with E-state index in [4.69, 9.17) is 5.73 Å². The van der Waals surface area contributed by atoms with Crippen LogP contribution in [0.15, 0.2) is 0 Å². The van der Waals surface area contributed by atoms with Crippen LogP contribution >= 0.6 is 0 Å². The maximum Gasteiger partial charge on any atom is 0.0352 e. The first-order valence-electron chi connectivity index (χ1n) is 5.09. The van der Waals surface area contributed by atoms with Gasteiger partial charge in [-0.05, 0) is 47.5 Å². The molecule has 0 amide bonds. The number of hydrogen-bond acceptors (Lipinski definition) is 3. The van der Waals surface area contributed by atoms with E-state index in [2.05, 4.69) is 37.9 Å². The maximum atomic E-state index is 5.89. The Kier molecular flexibility index (Phi) is 3.33. The predicted octanol–water partition coefficient (Wildman–Crippen LogP) is 0.360. The number of nitrogens with zero attached hydrogens (tertiary/aromatic N) is 2. The van der Waals surface area contributed by atoms with E-state index in [1.807, 2.05) is 0 Å². The average Bonchev–Trinajstić information content (AvgIpc) is 2.09. The van der Waals surface area contributed by atoms with Gasteiger partial charge in [-0.3, -0.25) is 0 Å². The Morgan fingerprint density at radius 1 is 1.54 bits per heavy atom. The van der Waals surface area contributed by atoms with Crippen molar-refractivity contribution >= 4 is 0 Å². The van der Waals surface area contributed by atoms with Crippen molar-refractivity contribution in [3.05, 3.63) is 0 Å². The molecule has 1 saturated heterocycles. The lowest BCUT2D eigenvalue weighted by Crippen LogP contribution is -2.58. The molecule has 1 heterocycles. The van der Waals surface area contributed by atoms with E-state index < -0.39 is 0 Å². The first-order chi connectivity index (χ1) is 6.02. The van der Waals surface area contributed by atoms with Crippen LogP contribution in [0.3, 0.4) is 0 Å². The highest BCUT2D eigenvalue weighted by Gasteiger charge is 2.37. The topological polar surface area (TPSA) is 32.5 Å². The molecule has 0 aromatic carbocycles. The number of likely N-dealkylation sites (tertiary alicyclic amines) is 1. The summed E-state index contributed by atoms with van der Waals surface area (Å²) in [6, 6.07) is 0.652. The molecule has 1 aliphatic heterocycles. The molecule has 0 aliphatic carbocycles. The average molecular weight is 185 g/mol. The standard InChI is InChI=1S/C10H23N3/c1-9-7-10(8-11,12(2)3)5-6-13(9)4/h9H,5-8,11H2,1-4H3. The summed E-state index contributed by atoms with van der Waals surface area (Å²) in [5.74, 6) is 0. The Morgan fingerprint density at radius 2 is 2.15 bits per heavy atom. The fourth-order valence-electron chi connectivity index (χ4n) is 2.19. The van der Waals surface area contributed by atoms with Crippen molar-refractivity contribution in [3.8, 4) is 0 Å². The zero-order valence-electron chi connectivity index (χ0n) is 9.38. The van der Waals surface area contributed by atoms with E-state index in [0.717, 1.165) is 13.1 Å². The smallest absolute Gasteiger partial charge is 0.0352 e. The molecule has 0 aromatic rings. The molecule has 2 atom stereocenters. The highest BCUT2D eigenvalue weighted by molar-refractivity contribution is 4.96. The normalized spacial score (nSPS) is 36.9. The second kappa shape index (κ2) is 3.95. The van der Waals surface area contributed by atoms with Gasteiger partial charge in [0.1, 0.15) is 0 Å². The summed E-state index contributed by atoms with van der Waals surface area (Å²) in [4.78, 5) is 4.72. The highest BCUT2D eigenvalue weighted by Crippen LogP contribution is 2.28. The quantitative estimate of drug-likeness (QED) is 0.674. The molecule has 2 unspecified atom stereocenters. The van der Waals surface area contributed by atoms with Gasteiger partial charge in [-0.15, -0.1) is 0 Å². The summed E-state index contributed by atoms with van der Waals surface area (Å²) >= 11 is 0. The van der Waals surface area contributed by atoms with Crippen LogP contribution < -0.4 is 5.73 Å². The minimum absolute atomic E-state index is 0.242. The van der Waals surface area contributed by atoms with E-state index in [1.165, 1.54) is 12.8 Å². The summed E-state index contributed by atoms with van der Waals surface area (Å²) in [7, 11) is 6.48. The first-order valence-corrected chi connectivity index (χ1v) is 5.09. The van der Waals surface area contributed by atoms with Gasteiger partial charge in [-0.2, -0.15) is 0 Å². The number of hydrogen-bond donors (Lipinski definition) is 1. The minimum Gasteiger partial charge on any atom is -0.329 e. The summed E-state index contributed by atoms with van der Waals surface area (Å²) in [6.45, 7) is 4.22. The largest absolute Gasteiger partial charge is 0.329 e. The zero-order valence-corrected chi connectivity index (χ0v) is 9.38. The van der Waals surface area contributed by atoms with Crippen LogP contribution in [0.25, 0.3) is 0 Å². The fourth-order valence-corrected chi connectivity index (χ4v) is 2.19. The van der Waals surface area contributed by atoms with Crippen LogP contribution in [0.1, 0.15) is 19.8 Å². The molecule has 78 valence electrons. The Bertz CT molecular complexity index is 170. The number of rotatable bonds is 2. The summed E-state index contributed by atoms with van der Waals surface area (Å²) in [5, 5.41) is 0. The van der Waals surface area contributed by atoms with Crippen LogP contribution in [-0.4, -0.2) is 55.6 Å². The third-order valence-electron chi connectivity index (χ3n) is 3.69. The van der Waals surface area contributed by atoms with Crippen LogP contribution in [-0.2, 0) is 0 Å². The monoisotopic (exact) mass is 185 g/mol. The molecule has 1 fully saturated rings. The zero-order chi connectivity index (χ0) is 10.1. The van der Waals surface area contributed by atoms with Crippen LogP contribution in [0, 0.1) is 0 Å². The van der Waals surface area contributed by atoms with Crippen molar-refractivity contribution in [2.75, 3.05) is 34.2 Å². The molecule has 0 aromatic heterocycles. The molecule has 0 radical (unpaired) electrons. The Hall–Kier alpha value is -0.120. The first kappa shape index (κ1) is 11.0. The molecule has 3 nitrogen and oxygen atoms in total. The third kappa shape index (κ3) is 2.03. The van der Waals surface area contributed by atoms with E-state index in [0.29, 0.717) is 6.04 Å². The molecule has 0 bridgehead atoms. The Labute approximate surface area is 81.9 Å². The van der Waals surface area contributed by atoms with Gasteiger partial charge in [0.25, 0.3) is 0 Å².